The van der Waals surface area contributed by atoms with E-state index in [1.54, 1.807) is 6.92 Å². The Balaban J connectivity index is 0.00000180. The largest absolute Gasteiger partial charge is 0.315 e. The lowest BCUT2D eigenvalue weighted by Gasteiger charge is -2.12. The molecular formula is C12H16ClN3O2S. The van der Waals surface area contributed by atoms with Crippen molar-refractivity contribution in [2.45, 2.75) is 24.3 Å². The number of halogens is 1. The van der Waals surface area contributed by atoms with Crippen LogP contribution >= 0.6 is 12.4 Å². The van der Waals surface area contributed by atoms with E-state index in [4.69, 9.17) is 5.26 Å². The summed E-state index contributed by atoms with van der Waals surface area (Å²) in [5.41, 5.74) is 1.17. The SMILES string of the molecule is Cc1cc(S(=O)(=O)NC2CCNC2)ccc1C#N.Cl. The molecular weight excluding hydrogens is 286 g/mol. The van der Waals surface area contributed by atoms with E-state index >= 15 is 0 Å². The van der Waals surface area contributed by atoms with E-state index < -0.39 is 10.0 Å². The minimum atomic E-state index is -3.49. The summed E-state index contributed by atoms with van der Waals surface area (Å²) in [5, 5.41) is 11.9. The maximum atomic E-state index is 12.1. The lowest BCUT2D eigenvalue weighted by Crippen LogP contribution is -2.36. The molecule has 1 heterocycles. The zero-order chi connectivity index (χ0) is 13.2. The molecule has 0 aliphatic carbocycles. The Kier molecular flexibility index (Phi) is 5.32. The van der Waals surface area contributed by atoms with Crippen LogP contribution in [0.2, 0.25) is 0 Å². The summed E-state index contributed by atoms with van der Waals surface area (Å²) in [7, 11) is -3.49. The Hall–Kier alpha value is -1.13. The molecule has 0 spiro atoms. The highest BCUT2D eigenvalue weighted by Crippen LogP contribution is 2.15. The highest BCUT2D eigenvalue weighted by atomic mass is 35.5. The third-order valence-corrected chi connectivity index (χ3v) is 4.53. The molecule has 2 N–H and O–H groups in total. The predicted octanol–water partition coefficient (Wildman–Crippen LogP) is 0.929. The highest BCUT2D eigenvalue weighted by molar-refractivity contribution is 7.89. The van der Waals surface area contributed by atoms with Gasteiger partial charge in [-0.3, -0.25) is 0 Å². The van der Waals surface area contributed by atoms with E-state index in [0.717, 1.165) is 13.0 Å². The van der Waals surface area contributed by atoms with Gasteiger partial charge in [-0.05, 0) is 43.7 Å². The molecule has 0 radical (unpaired) electrons. The lowest BCUT2D eigenvalue weighted by atomic mass is 10.1. The molecule has 104 valence electrons. The first kappa shape index (κ1) is 15.9. The summed E-state index contributed by atoms with van der Waals surface area (Å²) >= 11 is 0. The van der Waals surface area contributed by atoms with Gasteiger partial charge in [0.25, 0.3) is 0 Å². The van der Waals surface area contributed by atoms with Crippen LogP contribution in [0.15, 0.2) is 23.1 Å². The van der Waals surface area contributed by atoms with Crippen molar-refractivity contribution >= 4 is 22.4 Å². The van der Waals surface area contributed by atoms with Crippen molar-refractivity contribution in [2.24, 2.45) is 0 Å². The topological polar surface area (TPSA) is 82.0 Å². The molecule has 0 amide bonds. The minimum absolute atomic E-state index is 0. The van der Waals surface area contributed by atoms with Crippen molar-refractivity contribution in [3.05, 3.63) is 29.3 Å². The third-order valence-electron chi connectivity index (χ3n) is 3.01. The van der Waals surface area contributed by atoms with Crippen molar-refractivity contribution in [1.82, 2.24) is 10.0 Å². The molecule has 1 aliphatic heterocycles. The Morgan fingerprint density at radius 1 is 1.47 bits per heavy atom. The zero-order valence-corrected chi connectivity index (χ0v) is 12.1. The molecule has 1 aromatic carbocycles. The fourth-order valence-electron chi connectivity index (χ4n) is 1.97. The molecule has 1 unspecified atom stereocenters. The van der Waals surface area contributed by atoms with Gasteiger partial charge in [0.15, 0.2) is 0 Å². The predicted molar refractivity (Wildman–Crippen MR) is 74.7 cm³/mol. The molecule has 1 aromatic rings. The number of hydrogen-bond donors (Lipinski definition) is 2. The van der Waals surface area contributed by atoms with E-state index in [9.17, 15) is 8.42 Å². The average Bonchev–Trinajstić information content (AvgIpc) is 2.81. The summed E-state index contributed by atoms with van der Waals surface area (Å²) in [6.07, 6.45) is 0.800. The lowest BCUT2D eigenvalue weighted by molar-refractivity contribution is 0.560. The first-order valence-electron chi connectivity index (χ1n) is 5.77. The average molecular weight is 302 g/mol. The summed E-state index contributed by atoms with van der Waals surface area (Å²) in [5.74, 6) is 0. The van der Waals surface area contributed by atoms with E-state index in [-0.39, 0.29) is 23.3 Å². The smallest absolute Gasteiger partial charge is 0.240 e. The van der Waals surface area contributed by atoms with Gasteiger partial charge in [-0.25, -0.2) is 13.1 Å². The molecule has 0 aromatic heterocycles. The van der Waals surface area contributed by atoms with Crippen LogP contribution < -0.4 is 10.0 Å². The first-order valence-corrected chi connectivity index (χ1v) is 7.25. The third kappa shape index (κ3) is 3.67. The van der Waals surface area contributed by atoms with Gasteiger partial charge in [0.2, 0.25) is 10.0 Å². The second-order valence-corrected chi connectivity index (χ2v) is 6.11. The number of aryl methyl sites for hydroxylation is 1. The van der Waals surface area contributed by atoms with Crippen LogP contribution in [0.3, 0.4) is 0 Å². The second-order valence-electron chi connectivity index (χ2n) is 4.40. The number of benzene rings is 1. The summed E-state index contributed by atoms with van der Waals surface area (Å²) in [6.45, 7) is 3.22. The molecule has 0 saturated carbocycles. The Morgan fingerprint density at radius 2 is 2.21 bits per heavy atom. The van der Waals surface area contributed by atoms with Gasteiger partial charge in [0, 0.05) is 12.6 Å². The number of sulfonamides is 1. The van der Waals surface area contributed by atoms with Gasteiger partial charge >= 0.3 is 0 Å². The summed E-state index contributed by atoms with van der Waals surface area (Å²) in [6, 6.07) is 6.51. The van der Waals surface area contributed by atoms with Crippen molar-refractivity contribution in [3.63, 3.8) is 0 Å². The van der Waals surface area contributed by atoms with Crippen LogP contribution in [0, 0.1) is 18.3 Å². The van der Waals surface area contributed by atoms with Gasteiger partial charge in [0.1, 0.15) is 0 Å². The van der Waals surface area contributed by atoms with E-state index in [1.807, 2.05) is 6.07 Å². The molecule has 5 nitrogen and oxygen atoms in total. The van der Waals surface area contributed by atoms with Crippen LogP contribution in [-0.2, 0) is 10.0 Å². The van der Waals surface area contributed by atoms with Gasteiger partial charge in [0.05, 0.1) is 16.5 Å². The monoisotopic (exact) mass is 301 g/mol. The van der Waals surface area contributed by atoms with Gasteiger partial charge in [-0.2, -0.15) is 5.26 Å². The number of nitriles is 1. The minimum Gasteiger partial charge on any atom is -0.315 e. The quantitative estimate of drug-likeness (QED) is 0.870. The van der Waals surface area contributed by atoms with Gasteiger partial charge in [-0.15, -0.1) is 12.4 Å². The van der Waals surface area contributed by atoms with Crippen molar-refractivity contribution < 1.29 is 8.42 Å². The molecule has 1 aliphatic rings. The normalized spacial score (nSPS) is 18.6. The Labute approximate surface area is 119 Å². The van der Waals surface area contributed by atoms with Crippen molar-refractivity contribution in [2.75, 3.05) is 13.1 Å². The number of rotatable bonds is 3. The van der Waals surface area contributed by atoms with E-state index in [1.165, 1.54) is 18.2 Å². The van der Waals surface area contributed by atoms with E-state index in [2.05, 4.69) is 10.0 Å². The van der Waals surface area contributed by atoms with Crippen molar-refractivity contribution in [3.8, 4) is 6.07 Å². The Bertz CT molecular complexity index is 589. The Morgan fingerprint density at radius 3 is 2.74 bits per heavy atom. The molecule has 2 rings (SSSR count). The molecule has 7 heteroatoms. The number of nitrogens with zero attached hydrogens (tertiary/aromatic N) is 1. The van der Waals surface area contributed by atoms with E-state index in [0.29, 0.717) is 17.7 Å². The van der Waals surface area contributed by atoms with Crippen LogP contribution in [-0.4, -0.2) is 27.5 Å². The fourth-order valence-corrected chi connectivity index (χ4v) is 3.33. The maximum absolute atomic E-state index is 12.1. The molecule has 1 saturated heterocycles. The fraction of sp³-hybridized carbons (Fsp3) is 0.417. The van der Waals surface area contributed by atoms with Crippen LogP contribution in [0.4, 0.5) is 0 Å². The zero-order valence-electron chi connectivity index (χ0n) is 10.5. The second kappa shape index (κ2) is 6.35. The molecule has 19 heavy (non-hydrogen) atoms. The van der Waals surface area contributed by atoms with Crippen LogP contribution in [0.5, 0.6) is 0 Å². The summed E-state index contributed by atoms with van der Waals surface area (Å²) < 4.78 is 26.9. The highest BCUT2D eigenvalue weighted by Gasteiger charge is 2.22. The summed E-state index contributed by atoms with van der Waals surface area (Å²) in [4.78, 5) is 0.214. The first-order chi connectivity index (χ1) is 8.53. The van der Waals surface area contributed by atoms with Crippen LogP contribution in [0.25, 0.3) is 0 Å². The van der Waals surface area contributed by atoms with Gasteiger partial charge in [-0.1, -0.05) is 0 Å². The number of nitrogens with one attached hydrogen (secondary N) is 2. The van der Waals surface area contributed by atoms with Crippen molar-refractivity contribution in [1.29, 1.82) is 5.26 Å². The van der Waals surface area contributed by atoms with Crippen LogP contribution in [0.1, 0.15) is 17.5 Å². The molecule has 1 atom stereocenters. The van der Waals surface area contributed by atoms with Gasteiger partial charge < -0.3 is 5.32 Å². The number of hydrogen-bond acceptors (Lipinski definition) is 4. The molecule has 0 bridgehead atoms. The molecule has 1 fully saturated rings. The maximum Gasteiger partial charge on any atom is 0.240 e. The standard InChI is InChI=1S/C12H15N3O2S.ClH/c1-9-6-12(3-2-10(9)7-13)18(16,17)15-11-4-5-14-8-11;/h2-3,6,11,14-15H,4-5,8H2,1H3;1H.